The Bertz CT molecular complexity index is 438. The Morgan fingerprint density at radius 3 is 2.26 bits per heavy atom. The lowest BCUT2D eigenvalue weighted by Gasteiger charge is -2.20. The molecule has 0 aromatic carbocycles. The standard InChI is InChI=1S/C14H22N2O.2ClH/c1-11-9-15-13(12(2)14(11)17)10-16-7-5-3-4-6-8-16;;/h9H,3-8,10H2,1-2H3,(H,15,17);2*1H. The highest BCUT2D eigenvalue weighted by Crippen LogP contribution is 2.13. The van der Waals surface area contributed by atoms with Crippen molar-refractivity contribution in [3.8, 4) is 0 Å². The zero-order chi connectivity index (χ0) is 12.3. The minimum atomic E-state index is 0. The minimum absolute atomic E-state index is 0. The van der Waals surface area contributed by atoms with Crippen molar-refractivity contribution in [2.75, 3.05) is 13.1 Å². The van der Waals surface area contributed by atoms with Gasteiger partial charge in [0.2, 0.25) is 0 Å². The quantitative estimate of drug-likeness (QED) is 0.911. The summed E-state index contributed by atoms with van der Waals surface area (Å²) in [5, 5.41) is 0. The largest absolute Gasteiger partial charge is 0.363 e. The molecule has 0 radical (unpaired) electrons. The molecule has 0 spiro atoms. The van der Waals surface area contributed by atoms with E-state index in [1.165, 1.54) is 25.7 Å². The summed E-state index contributed by atoms with van der Waals surface area (Å²) in [7, 11) is 0. The van der Waals surface area contributed by atoms with Crippen LogP contribution >= 0.6 is 24.8 Å². The Morgan fingerprint density at radius 1 is 1.11 bits per heavy atom. The smallest absolute Gasteiger partial charge is 0.187 e. The van der Waals surface area contributed by atoms with Crippen LogP contribution in [0, 0.1) is 13.8 Å². The van der Waals surface area contributed by atoms with E-state index in [1.54, 1.807) is 0 Å². The van der Waals surface area contributed by atoms with Gasteiger partial charge in [-0.3, -0.25) is 9.69 Å². The predicted molar refractivity (Wildman–Crippen MR) is 84.8 cm³/mol. The summed E-state index contributed by atoms with van der Waals surface area (Å²) >= 11 is 0. The fourth-order valence-corrected chi connectivity index (χ4v) is 2.48. The number of nitrogens with zero attached hydrogens (tertiary/aromatic N) is 1. The lowest BCUT2D eigenvalue weighted by atomic mass is 10.1. The average Bonchev–Trinajstić information content (AvgIpc) is 2.59. The number of hydrogen-bond donors (Lipinski definition) is 1. The van der Waals surface area contributed by atoms with Gasteiger partial charge < -0.3 is 4.98 Å². The number of pyridine rings is 1. The molecule has 1 aliphatic heterocycles. The van der Waals surface area contributed by atoms with Crippen LogP contribution in [0.3, 0.4) is 0 Å². The molecule has 1 aromatic heterocycles. The topological polar surface area (TPSA) is 36.1 Å². The molecule has 1 saturated heterocycles. The van der Waals surface area contributed by atoms with Crippen molar-refractivity contribution in [1.82, 2.24) is 9.88 Å². The molecule has 19 heavy (non-hydrogen) atoms. The maximum atomic E-state index is 11.9. The van der Waals surface area contributed by atoms with E-state index in [4.69, 9.17) is 0 Å². The maximum Gasteiger partial charge on any atom is 0.187 e. The van der Waals surface area contributed by atoms with Gasteiger partial charge in [0, 0.05) is 29.6 Å². The summed E-state index contributed by atoms with van der Waals surface area (Å²) in [6.45, 7) is 7.01. The summed E-state index contributed by atoms with van der Waals surface area (Å²) in [6.07, 6.45) is 7.10. The molecule has 0 aliphatic carbocycles. The number of halogens is 2. The van der Waals surface area contributed by atoms with Gasteiger partial charge in [0.15, 0.2) is 5.43 Å². The van der Waals surface area contributed by atoms with Gasteiger partial charge in [-0.2, -0.15) is 0 Å². The normalized spacial score (nSPS) is 16.1. The second kappa shape index (κ2) is 8.62. The van der Waals surface area contributed by atoms with E-state index in [1.807, 2.05) is 20.0 Å². The number of rotatable bonds is 2. The van der Waals surface area contributed by atoms with E-state index >= 15 is 0 Å². The second-order valence-corrected chi connectivity index (χ2v) is 5.09. The van der Waals surface area contributed by atoms with Crippen LogP contribution in [0.2, 0.25) is 0 Å². The number of likely N-dealkylation sites (tertiary alicyclic amines) is 1. The van der Waals surface area contributed by atoms with Crippen molar-refractivity contribution < 1.29 is 0 Å². The number of H-pyrrole nitrogens is 1. The summed E-state index contributed by atoms with van der Waals surface area (Å²) in [4.78, 5) is 17.6. The Balaban J connectivity index is 0.00000162. The van der Waals surface area contributed by atoms with Crippen LogP contribution in [0.4, 0.5) is 0 Å². The third-order valence-electron chi connectivity index (χ3n) is 3.69. The fraction of sp³-hybridized carbons (Fsp3) is 0.643. The highest BCUT2D eigenvalue weighted by atomic mass is 35.5. The van der Waals surface area contributed by atoms with E-state index in [-0.39, 0.29) is 30.2 Å². The fourth-order valence-electron chi connectivity index (χ4n) is 2.48. The molecule has 0 atom stereocenters. The van der Waals surface area contributed by atoms with Crippen LogP contribution in [0.5, 0.6) is 0 Å². The highest BCUT2D eigenvalue weighted by Gasteiger charge is 2.12. The van der Waals surface area contributed by atoms with Crippen LogP contribution in [-0.2, 0) is 6.54 Å². The zero-order valence-corrected chi connectivity index (χ0v) is 13.3. The van der Waals surface area contributed by atoms with Gasteiger partial charge in [0.25, 0.3) is 0 Å². The number of nitrogens with one attached hydrogen (secondary N) is 1. The lowest BCUT2D eigenvalue weighted by Crippen LogP contribution is -2.26. The van der Waals surface area contributed by atoms with E-state index in [2.05, 4.69) is 9.88 Å². The molecule has 1 aromatic rings. The third-order valence-corrected chi connectivity index (χ3v) is 3.69. The van der Waals surface area contributed by atoms with Crippen molar-refractivity contribution >= 4 is 24.8 Å². The number of aromatic amines is 1. The van der Waals surface area contributed by atoms with Gasteiger partial charge in [-0.25, -0.2) is 0 Å². The summed E-state index contributed by atoms with van der Waals surface area (Å²) in [5.41, 5.74) is 2.97. The molecule has 1 aliphatic rings. The van der Waals surface area contributed by atoms with Gasteiger partial charge >= 0.3 is 0 Å². The van der Waals surface area contributed by atoms with Crippen molar-refractivity contribution in [1.29, 1.82) is 0 Å². The van der Waals surface area contributed by atoms with E-state index in [0.29, 0.717) is 0 Å². The Hall–Kier alpha value is -0.510. The molecule has 2 heterocycles. The Labute approximate surface area is 127 Å². The first-order chi connectivity index (χ1) is 8.18. The molecular weight excluding hydrogens is 283 g/mol. The molecule has 0 amide bonds. The second-order valence-electron chi connectivity index (χ2n) is 5.09. The SMILES string of the molecule is Cc1c[nH]c(CN2CCCCCC2)c(C)c1=O.Cl.Cl. The van der Waals surface area contributed by atoms with Gasteiger partial charge in [-0.05, 0) is 39.8 Å². The van der Waals surface area contributed by atoms with Crippen molar-refractivity contribution in [2.45, 2.75) is 46.1 Å². The van der Waals surface area contributed by atoms with Gasteiger partial charge in [0.1, 0.15) is 0 Å². The maximum absolute atomic E-state index is 11.9. The Kier molecular flexibility index (Phi) is 8.39. The molecule has 2 rings (SSSR count). The lowest BCUT2D eigenvalue weighted by molar-refractivity contribution is 0.273. The number of aryl methyl sites for hydroxylation is 1. The number of aromatic nitrogens is 1. The summed E-state index contributed by atoms with van der Waals surface area (Å²) in [6, 6.07) is 0. The summed E-state index contributed by atoms with van der Waals surface area (Å²) < 4.78 is 0. The van der Waals surface area contributed by atoms with Gasteiger partial charge in [-0.1, -0.05) is 12.8 Å². The predicted octanol–water partition coefficient (Wildman–Crippen LogP) is 3.21. The van der Waals surface area contributed by atoms with Crippen molar-refractivity contribution in [3.63, 3.8) is 0 Å². The van der Waals surface area contributed by atoms with Crippen molar-refractivity contribution in [3.05, 3.63) is 33.2 Å². The first kappa shape index (κ1) is 18.5. The molecular formula is C14H24Cl2N2O. The van der Waals surface area contributed by atoms with Crippen molar-refractivity contribution in [2.24, 2.45) is 0 Å². The minimum Gasteiger partial charge on any atom is -0.363 e. The van der Waals surface area contributed by atoms with E-state index < -0.39 is 0 Å². The monoisotopic (exact) mass is 306 g/mol. The third kappa shape index (κ3) is 4.83. The van der Waals surface area contributed by atoms with Crippen LogP contribution in [-0.4, -0.2) is 23.0 Å². The Morgan fingerprint density at radius 2 is 1.68 bits per heavy atom. The molecule has 1 N–H and O–H groups in total. The average molecular weight is 307 g/mol. The van der Waals surface area contributed by atoms with Crippen LogP contribution in [0.1, 0.15) is 42.5 Å². The van der Waals surface area contributed by atoms with Gasteiger partial charge in [-0.15, -0.1) is 24.8 Å². The molecule has 3 nitrogen and oxygen atoms in total. The number of hydrogen-bond acceptors (Lipinski definition) is 2. The van der Waals surface area contributed by atoms with E-state index in [0.717, 1.165) is 36.5 Å². The zero-order valence-electron chi connectivity index (χ0n) is 11.7. The molecule has 1 fully saturated rings. The van der Waals surface area contributed by atoms with Crippen LogP contribution < -0.4 is 5.43 Å². The summed E-state index contributed by atoms with van der Waals surface area (Å²) in [5.74, 6) is 0. The van der Waals surface area contributed by atoms with Crippen LogP contribution in [0.15, 0.2) is 11.0 Å². The first-order valence-corrected chi connectivity index (χ1v) is 6.58. The highest BCUT2D eigenvalue weighted by molar-refractivity contribution is 5.85. The molecule has 0 bridgehead atoms. The van der Waals surface area contributed by atoms with Gasteiger partial charge in [0.05, 0.1) is 0 Å². The molecule has 5 heteroatoms. The first-order valence-electron chi connectivity index (χ1n) is 6.58. The van der Waals surface area contributed by atoms with Crippen LogP contribution in [0.25, 0.3) is 0 Å². The molecule has 0 saturated carbocycles. The molecule has 0 unspecified atom stereocenters. The molecule has 110 valence electrons. The van der Waals surface area contributed by atoms with E-state index in [9.17, 15) is 4.79 Å².